The summed E-state index contributed by atoms with van der Waals surface area (Å²) in [6.45, 7) is 8.13. The van der Waals surface area contributed by atoms with E-state index in [2.05, 4.69) is 39.0 Å². The number of hydrogen-bond donors (Lipinski definition) is 2. The first-order chi connectivity index (χ1) is 12.1. The SMILES string of the molecule is CC(=O)C[C@@]1(O)C(C)CC2C3CCC4=CCC=CC4(C)C3C(O)CC21C. The van der Waals surface area contributed by atoms with Gasteiger partial charge in [0.15, 0.2) is 0 Å². The molecule has 144 valence electrons. The van der Waals surface area contributed by atoms with E-state index >= 15 is 0 Å². The molecule has 0 aromatic carbocycles. The first-order valence-corrected chi connectivity index (χ1v) is 10.4. The van der Waals surface area contributed by atoms with Crippen LogP contribution in [0.3, 0.4) is 0 Å². The zero-order chi connectivity index (χ0) is 18.9. The van der Waals surface area contributed by atoms with Crippen molar-refractivity contribution in [2.24, 2.45) is 34.5 Å². The molecule has 0 saturated heterocycles. The predicted molar refractivity (Wildman–Crippen MR) is 102 cm³/mol. The lowest BCUT2D eigenvalue weighted by Gasteiger charge is -2.60. The fraction of sp³-hybridized carbons (Fsp3) is 0.783. The number of fused-ring (bicyclic) bond motifs is 5. The molecule has 0 heterocycles. The molecule has 2 N–H and O–H groups in total. The van der Waals surface area contributed by atoms with Crippen LogP contribution in [0.2, 0.25) is 0 Å². The summed E-state index contributed by atoms with van der Waals surface area (Å²) in [5.41, 5.74) is 0.0737. The highest BCUT2D eigenvalue weighted by Crippen LogP contribution is 2.68. The zero-order valence-electron chi connectivity index (χ0n) is 16.7. The standard InChI is InChI=1S/C23H34O3/c1-14-11-18-17-9-8-16-7-5-6-10-21(16,3)20(17)19(25)13-22(18,4)23(14,26)12-15(2)24/h6-7,10,14,17-20,25-26H,5,8-9,11-13H2,1-4H3/t14?,17?,18?,19?,20?,21?,22?,23-/m1/s1. The summed E-state index contributed by atoms with van der Waals surface area (Å²) < 4.78 is 0. The molecule has 0 aliphatic heterocycles. The van der Waals surface area contributed by atoms with E-state index in [0.717, 1.165) is 25.7 Å². The van der Waals surface area contributed by atoms with Crippen molar-refractivity contribution in [1.82, 2.24) is 0 Å². The Morgan fingerprint density at radius 1 is 1.35 bits per heavy atom. The Bertz CT molecular complexity index is 679. The van der Waals surface area contributed by atoms with Crippen LogP contribution in [0.15, 0.2) is 23.8 Å². The number of carbonyl (C=O) groups is 1. The molecule has 0 amide bonds. The van der Waals surface area contributed by atoms with Crippen molar-refractivity contribution in [3.63, 3.8) is 0 Å². The topological polar surface area (TPSA) is 57.5 Å². The number of aliphatic hydroxyl groups is 2. The van der Waals surface area contributed by atoms with Crippen LogP contribution in [0.1, 0.15) is 66.2 Å². The van der Waals surface area contributed by atoms with Gasteiger partial charge in [0.1, 0.15) is 5.78 Å². The van der Waals surface area contributed by atoms with Crippen LogP contribution in [-0.4, -0.2) is 27.7 Å². The van der Waals surface area contributed by atoms with Gasteiger partial charge in [-0.2, -0.15) is 0 Å². The van der Waals surface area contributed by atoms with Crippen LogP contribution in [0.4, 0.5) is 0 Å². The van der Waals surface area contributed by atoms with Gasteiger partial charge in [-0.3, -0.25) is 4.79 Å². The summed E-state index contributed by atoms with van der Waals surface area (Å²) in [6.07, 6.45) is 11.5. The highest BCUT2D eigenvalue weighted by molar-refractivity contribution is 5.77. The van der Waals surface area contributed by atoms with E-state index in [1.807, 2.05) is 0 Å². The molecule has 3 fully saturated rings. The lowest BCUT2D eigenvalue weighted by atomic mass is 9.46. The van der Waals surface area contributed by atoms with E-state index in [1.54, 1.807) is 6.92 Å². The third-order valence-corrected chi connectivity index (χ3v) is 8.87. The maximum Gasteiger partial charge on any atom is 0.132 e. The fourth-order valence-electron chi connectivity index (χ4n) is 7.64. The molecule has 3 saturated carbocycles. The summed E-state index contributed by atoms with van der Waals surface area (Å²) in [6, 6.07) is 0. The maximum atomic E-state index is 11.9. The van der Waals surface area contributed by atoms with Crippen molar-refractivity contribution in [2.45, 2.75) is 77.9 Å². The summed E-state index contributed by atoms with van der Waals surface area (Å²) in [5.74, 6) is 1.16. The highest BCUT2D eigenvalue weighted by Gasteiger charge is 2.68. The molecule has 3 nitrogen and oxygen atoms in total. The number of carbonyl (C=O) groups excluding carboxylic acids is 1. The molecule has 4 aliphatic carbocycles. The molecule has 4 rings (SSSR count). The zero-order valence-corrected chi connectivity index (χ0v) is 16.7. The molecule has 0 aromatic heterocycles. The monoisotopic (exact) mass is 358 g/mol. The van der Waals surface area contributed by atoms with Crippen LogP contribution in [0.25, 0.3) is 0 Å². The summed E-state index contributed by atoms with van der Waals surface area (Å²) in [5, 5.41) is 22.9. The summed E-state index contributed by atoms with van der Waals surface area (Å²) in [4.78, 5) is 11.9. The average molecular weight is 359 g/mol. The summed E-state index contributed by atoms with van der Waals surface area (Å²) in [7, 11) is 0. The number of allylic oxidation sites excluding steroid dienone is 4. The Hall–Kier alpha value is -0.930. The molecule has 26 heavy (non-hydrogen) atoms. The number of hydrogen-bond acceptors (Lipinski definition) is 3. The quantitative estimate of drug-likeness (QED) is 0.733. The van der Waals surface area contributed by atoms with Crippen molar-refractivity contribution in [3.8, 4) is 0 Å². The largest absolute Gasteiger partial charge is 0.393 e. The van der Waals surface area contributed by atoms with Gasteiger partial charge in [0, 0.05) is 23.2 Å². The lowest BCUT2D eigenvalue weighted by Crippen LogP contribution is -2.60. The van der Waals surface area contributed by atoms with Crippen molar-refractivity contribution < 1.29 is 15.0 Å². The Kier molecular flexibility index (Phi) is 4.10. The fourth-order valence-corrected chi connectivity index (χ4v) is 7.64. The molecule has 0 radical (unpaired) electrons. The molecule has 0 bridgehead atoms. The third-order valence-electron chi connectivity index (χ3n) is 8.87. The van der Waals surface area contributed by atoms with E-state index < -0.39 is 11.7 Å². The van der Waals surface area contributed by atoms with Gasteiger partial charge < -0.3 is 10.2 Å². The Labute approximate surface area is 157 Å². The average Bonchev–Trinajstić information content (AvgIpc) is 2.73. The second-order valence-corrected chi connectivity index (χ2v) is 10.1. The predicted octanol–water partition coefficient (Wildman–Crippen LogP) is 4.04. The number of Topliss-reactive ketones (excluding diaryl/α,β-unsaturated/α-hetero) is 1. The highest BCUT2D eigenvalue weighted by atomic mass is 16.3. The van der Waals surface area contributed by atoms with E-state index in [0.29, 0.717) is 18.3 Å². The van der Waals surface area contributed by atoms with Crippen molar-refractivity contribution in [3.05, 3.63) is 23.8 Å². The van der Waals surface area contributed by atoms with Crippen molar-refractivity contribution in [1.29, 1.82) is 0 Å². The maximum absolute atomic E-state index is 11.9. The third kappa shape index (κ3) is 2.22. The van der Waals surface area contributed by atoms with Crippen LogP contribution < -0.4 is 0 Å². The number of rotatable bonds is 2. The minimum atomic E-state index is -0.991. The van der Waals surface area contributed by atoms with Crippen LogP contribution >= 0.6 is 0 Å². The minimum absolute atomic E-state index is 0.0492. The normalized spacial score (nSPS) is 52.7. The summed E-state index contributed by atoms with van der Waals surface area (Å²) >= 11 is 0. The molecular weight excluding hydrogens is 324 g/mol. The number of ketones is 1. The minimum Gasteiger partial charge on any atom is -0.393 e. The molecule has 7 unspecified atom stereocenters. The van der Waals surface area contributed by atoms with E-state index in [1.165, 1.54) is 5.57 Å². The van der Waals surface area contributed by atoms with Crippen LogP contribution in [0, 0.1) is 34.5 Å². The smallest absolute Gasteiger partial charge is 0.132 e. The molecule has 0 spiro atoms. The molecule has 3 heteroatoms. The van der Waals surface area contributed by atoms with Crippen LogP contribution in [0.5, 0.6) is 0 Å². The van der Waals surface area contributed by atoms with E-state index in [-0.39, 0.29) is 34.9 Å². The Morgan fingerprint density at radius 2 is 2.08 bits per heavy atom. The van der Waals surface area contributed by atoms with Gasteiger partial charge in [-0.05, 0) is 56.8 Å². The number of aliphatic hydroxyl groups excluding tert-OH is 1. The van der Waals surface area contributed by atoms with Gasteiger partial charge in [0.25, 0.3) is 0 Å². The lowest BCUT2D eigenvalue weighted by molar-refractivity contribution is -0.175. The first kappa shape index (κ1) is 18.4. The van der Waals surface area contributed by atoms with Crippen molar-refractivity contribution >= 4 is 5.78 Å². The van der Waals surface area contributed by atoms with Gasteiger partial charge >= 0.3 is 0 Å². The van der Waals surface area contributed by atoms with Gasteiger partial charge in [0.2, 0.25) is 0 Å². The van der Waals surface area contributed by atoms with Gasteiger partial charge in [-0.1, -0.05) is 44.6 Å². The Morgan fingerprint density at radius 3 is 2.77 bits per heavy atom. The second-order valence-electron chi connectivity index (χ2n) is 10.1. The Balaban J connectivity index is 1.75. The molecule has 0 aromatic rings. The van der Waals surface area contributed by atoms with Crippen molar-refractivity contribution in [2.75, 3.05) is 0 Å². The van der Waals surface area contributed by atoms with Crippen LogP contribution in [-0.2, 0) is 4.79 Å². The second kappa shape index (κ2) is 5.78. The molecular formula is C23H34O3. The molecule has 4 aliphatic rings. The van der Waals surface area contributed by atoms with Gasteiger partial charge in [0.05, 0.1) is 11.7 Å². The van der Waals surface area contributed by atoms with Gasteiger partial charge in [-0.15, -0.1) is 0 Å². The first-order valence-electron chi connectivity index (χ1n) is 10.4. The van der Waals surface area contributed by atoms with E-state index in [4.69, 9.17) is 0 Å². The van der Waals surface area contributed by atoms with Gasteiger partial charge in [-0.25, -0.2) is 0 Å². The molecule has 8 atom stereocenters. The van der Waals surface area contributed by atoms with E-state index in [9.17, 15) is 15.0 Å².